The molecule has 2 N–H and O–H groups in total. The van der Waals surface area contributed by atoms with Gasteiger partial charge in [-0.3, -0.25) is 9.59 Å². The number of ether oxygens (including phenoxy) is 1. The third kappa shape index (κ3) is 5.77. The largest absolute Gasteiger partial charge is 0.495 e. The lowest BCUT2D eigenvalue weighted by Gasteiger charge is -2.32. The molecule has 2 fully saturated rings. The van der Waals surface area contributed by atoms with Crippen molar-refractivity contribution in [1.29, 1.82) is 0 Å². The number of piperidine rings is 1. The minimum Gasteiger partial charge on any atom is -0.495 e. The van der Waals surface area contributed by atoms with E-state index in [1.54, 1.807) is 11.0 Å². The van der Waals surface area contributed by atoms with Crippen molar-refractivity contribution in [3.8, 4) is 5.75 Å². The van der Waals surface area contributed by atoms with Crippen molar-refractivity contribution in [3.63, 3.8) is 0 Å². The fraction of sp³-hybridized carbons (Fsp3) is 0.636. The minimum absolute atomic E-state index is 0.0259. The van der Waals surface area contributed by atoms with E-state index in [4.69, 9.17) is 4.74 Å². The third-order valence-corrected chi connectivity index (χ3v) is 7.55. The second kappa shape index (κ2) is 10.5. The maximum atomic E-state index is 13.1. The van der Waals surface area contributed by atoms with Gasteiger partial charge in [0.15, 0.2) is 0 Å². The highest BCUT2D eigenvalue weighted by Gasteiger charge is 2.31. The maximum absolute atomic E-state index is 13.1. The van der Waals surface area contributed by atoms with Crippen LogP contribution in [0.2, 0.25) is 0 Å². The Morgan fingerprint density at radius 2 is 1.90 bits per heavy atom. The molecule has 1 saturated carbocycles. The van der Waals surface area contributed by atoms with Gasteiger partial charge in [-0.2, -0.15) is 0 Å². The highest BCUT2D eigenvalue weighted by molar-refractivity contribution is 7.89. The Labute approximate surface area is 184 Å². The summed E-state index contributed by atoms with van der Waals surface area (Å²) >= 11 is 0. The van der Waals surface area contributed by atoms with E-state index in [1.807, 2.05) is 6.92 Å². The van der Waals surface area contributed by atoms with Gasteiger partial charge < -0.3 is 15.0 Å². The molecule has 2 amide bonds. The predicted octanol–water partition coefficient (Wildman–Crippen LogP) is 2.29. The standard InChI is InChI=1S/C22H33N3O5S/c1-3-12-23-21(26)17-7-6-13-25(15-17)22(27)16-10-11-19(30-2)20(14-16)31(28,29)24-18-8-4-5-9-18/h10-11,14,17-18,24H,3-9,12-13,15H2,1-2H3,(H,23,26). The van der Waals surface area contributed by atoms with Crippen molar-refractivity contribution >= 4 is 21.8 Å². The van der Waals surface area contributed by atoms with Crippen LogP contribution in [-0.2, 0) is 14.8 Å². The Balaban J connectivity index is 1.78. The van der Waals surface area contributed by atoms with E-state index in [1.165, 1.54) is 19.2 Å². The molecule has 1 aromatic carbocycles. The first kappa shape index (κ1) is 23.5. The third-order valence-electron chi connectivity index (χ3n) is 6.01. The number of carbonyl (C=O) groups excluding carboxylic acids is 2. The molecule has 0 radical (unpaired) electrons. The van der Waals surface area contributed by atoms with Crippen LogP contribution in [-0.4, -0.2) is 57.9 Å². The van der Waals surface area contributed by atoms with Gasteiger partial charge in [0.25, 0.3) is 5.91 Å². The Morgan fingerprint density at radius 1 is 1.16 bits per heavy atom. The second-order valence-corrected chi connectivity index (χ2v) is 10.0. The van der Waals surface area contributed by atoms with Crippen LogP contribution >= 0.6 is 0 Å². The maximum Gasteiger partial charge on any atom is 0.253 e. The second-order valence-electron chi connectivity index (χ2n) is 8.35. The number of sulfonamides is 1. The van der Waals surface area contributed by atoms with Gasteiger partial charge >= 0.3 is 0 Å². The summed E-state index contributed by atoms with van der Waals surface area (Å²) in [6.07, 6.45) is 5.98. The molecule has 1 unspecified atom stereocenters. The van der Waals surface area contributed by atoms with Gasteiger partial charge in [0.1, 0.15) is 10.6 Å². The first-order valence-corrected chi connectivity index (χ1v) is 12.6. The van der Waals surface area contributed by atoms with Gasteiger partial charge in [0.2, 0.25) is 15.9 Å². The number of nitrogens with zero attached hydrogens (tertiary/aromatic N) is 1. The molecule has 9 heteroatoms. The summed E-state index contributed by atoms with van der Waals surface area (Å²) in [5, 5.41) is 2.90. The van der Waals surface area contributed by atoms with Crippen molar-refractivity contribution in [2.75, 3.05) is 26.7 Å². The molecular weight excluding hydrogens is 418 g/mol. The van der Waals surface area contributed by atoms with Crippen molar-refractivity contribution < 1.29 is 22.7 Å². The number of benzene rings is 1. The summed E-state index contributed by atoms with van der Waals surface area (Å²) in [6.45, 7) is 3.50. The zero-order valence-corrected chi connectivity index (χ0v) is 19.2. The molecule has 0 aromatic heterocycles. The van der Waals surface area contributed by atoms with E-state index in [9.17, 15) is 18.0 Å². The average Bonchev–Trinajstić information content (AvgIpc) is 3.28. The van der Waals surface area contributed by atoms with Gasteiger partial charge in [-0.15, -0.1) is 0 Å². The Bertz CT molecular complexity index is 896. The summed E-state index contributed by atoms with van der Waals surface area (Å²) < 4.78 is 34.0. The zero-order valence-electron chi connectivity index (χ0n) is 18.4. The van der Waals surface area contributed by atoms with Crippen LogP contribution in [0.25, 0.3) is 0 Å². The lowest BCUT2D eigenvalue weighted by atomic mass is 9.96. The normalized spacial score (nSPS) is 19.9. The summed E-state index contributed by atoms with van der Waals surface area (Å²) in [4.78, 5) is 27.1. The van der Waals surface area contributed by atoms with Gasteiger partial charge in [-0.1, -0.05) is 19.8 Å². The monoisotopic (exact) mass is 451 g/mol. The number of carbonyl (C=O) groups is 2. The fourth-order valence-corrected chi connectivity index (χ4v) is 5.80. The number of likely N-dealkylation sites (tertiary alicyclic amines) is 1. The molecule has 0 spiro atoms. The van der Waals surface area contributed by atoms with E-state index in [0.717, 1.165) is 44.9 Å². The molecule has 1 saturated heterocycles. The molecule has 0 bridgehead atoms. The van der Waals surface area contributed by atoms with Gasteiger partial charge in [-0.25, -0.2) is 13.1 Å². The predicted molar refractivity (Wildman–Crippen MR) is 117 cm³/mol. The lowest BCUT2D eigenvalue weighted by Crippen LogP contribution is -2.45. The van der Waals surface area contributed by atoms with Crippen molar-refractivity contribution in [1.82, 2.24) is 14.9 Å². The van der Waals surface area contributed by atoms with Gasteiger partial charge in [-0.05, 0) is 50.3 Å². The first-order valence-electron chi connectivity index (χ1n) is 11.1. The van der Waals surface area contributed by atoms with Gasteiger partial charge in [0.05, 0.1) is 13.0 Å². The number of hydrogen-bond donors (Lipinski definition) is 2. The number of amides is 2. The molecular formula is C22H33N3O5S. The molecule has 1 aliphatic heterocycles. The zero-order chi connectivity index (χ0) is 22.4. The number of rotatable bonds is 8. The summed E-state index contributed by atoms with van der Waals surface area (Å²) in [5.41, 5.74) is 0.280. The van der Waals surface area contributed by atoms with E-state index in [-0.39, 0.29) is 40.0 Å². The molecule has 1 atom stereocenters. The quantitative estimate of drug-likeness (QED) is 0.631. The lowest BCUT2D eigenvalue weighted by molar-refractivity contribution is -0.126. The van der Waals surface area contributed by atoms with Crippen LogP contribution in [0.15, 0.2) is 23.1 Å². The molecule has 2 aliphatic rings. The smallest absolute Gasteiger partial charge is 0.253 e. The fourth-order valence-electron chi connectivity index (χ4n) is 4.30. The number of nitrogens with one attached hydrogen (secondary N) is 2. The summed E-state index contributed by atoms with van der Waals surface area (Å²) in [5.74, 6) is -0.335. The molecule has 1 heterocycles. The van der Waals surface area contributed by atoms with E-state index < -0.39 is 10.0 Å². The van der Waals surface area contributed by atoms with Crippen LogP contribution < -0.4 is 14.8 Å². The summed E-state index contributed by atoms with van der Waals surface area (Å²) in [6, 6.07) is 4.40. The van der Waals surface area contributed by atoms with E-state index in [2.05, 4.69) is 10.0 Å². The first-order chi connectivity index (χ1) is 14.9. The van der Waals surface area contributed by atoms with E-state index in [0.29, 0.717) is 19.6 Å². The van der Waals surface area contributed by atoms with Crippen LogP contribution in [0.5, 0.6) is 5.75 Å². The molecule has 1 aliphatic carbocycles. The van der Waals surface area contributed by atoms with Crippen LogP contribution in [0.4, 0.5) is 0 Å². The highest BCUT2D eigenvalue weighted by Crippen LogP contribution is 2.28. The molecule has 3 rings (SSSR count). The van der Waals surface area contributed by atoms with Crippen LogP contribution in [0.1, 0.15) is 62.2 Å². The minimum atomic E-state index is -3.82. The highest BCUT2D eigenvalue weighted by atomic mass is 32.2. The average molecular weight is 452 g/mol. The Kier molecular flexibility index (Phi) is 7.94. The van der Waals surface area contributed by atoms with Crippen molar-refractivity contribution in [3.05, 3.63) is 23.8 Å². The summed E-state index contributed by atoms with van der Waals surface area (Å²) in [7, 11) is -2.41. The van der Waals surface area contributed by atoms with Crippen LogP contribution in [0, 0.1) is 5.92 Å². The number of hydrogen-bond acceptors (Lipinski definition) is 5. The molecule has 31 heavy (non-hydrogen) atoms. The molecule has 172 valence electrons. The van der Waals surface area contributed by atoms with E-state index >= 15 is 0 Å². The Hall–Kier alpha value is -2.13. The Morgan fingerprint density at radius 3 is 2.58 bits per heavy atom. The van der Waals surface area contributed by atoms with Crippen LogP contribution in [0.3, 0.4) is 0 Å². The van der Waals surface area contributed by atoms with Crippen molar-refractivity contribution in [2.24, 2.45) is 5.92 Å². The van der Waals surface area contributed by atoms with Gasteiger partial charge in [0, 0.05) is 31.2 Å². The molecule has 1 aromatic rings. The molecule has 8 nitrogen and oxygen atoms in total. The number of methoxy groups -OCH3 is 1. The van der Waals surface area contributed by atoms with Crippen molar-refractivity contribution in [2.45, 2.75) is 62.8 Å². The topological polar surface area (TPSA) is 105 Å². The SMILES string of the molecule is CCCNC(=O)C1CCCN(C(=O)c2ccc(OC)c(S(=O)(=O)NC3CCCC3)c2)C1.